The zero-order valence-corrected chi connectivity index (χ0v) is 69.4. The molecule has 0 atom stereocenters. The largest absolute Gasteiger partial charge is 0.135 e. The van der Waals surface area contributed by atoms with Crippen LogP contribution in [0.5, 0.6) is 0 Å². The number of allylic oxidation sites excluding steroid dienone is 2. The molecule has 566 valence electrons. The van der Waals surface area contributed by atoms with Crippen molar-refractivity contribution in [3.8, 4) is 89.0 Å². The van der Waals surface area contributed by atoms with Crippen molar-refractivity contribution >= 4 is 166 Å². The Balaban J connectivity index is 0.562. The molecule has 25 rings (SSSR count). The van der Waals surface area contributed by atoms with Gasteiger partial charge in [0.2, 0.25) is 0 Å². The Morgan fingerprint density at radius 1 is 0.231 bits per heavy atom. The van der Waals surface area contributed by atoms with Gasteiger partial charge in [0.15, 0.2) is 0 Å². The number of benzene rings is 21. The summed E-state index contributed by atoms with van der Waals surface area (Å²) in [6.45, 7) is 16.7. The molecule has 2 heterocycles. The van der Waals surface area contributed by atoms with Crippen LogP contribution in [0.2, 0.25) is 0 Å². The van der Waals surface area contributed by atoms with Crippen LogP contribution in [0.25, 0.3) is 232 Å². The van der Waals surface area contributed by atoms with E-state index in [0.29, 0.717) is 0 Å². The molecule has 121 heavy (non-hydrogen) atoms. The third kappa shape index (κ3) is 10.3. The van der Waals surface area contributed by atoms with Crippen LogP contribution < -0.4 is 0 Å². The molecule has 0 aliphatic heterocycles. The lowest BCUT2D eigenvalue weighted by atomic mass is 9.77. The molecule has 2 aliphatic carbocycles. The highest BCUT2D eigenvalue weighted by Gasteiger charge is 2.41. The smallest absolute Gasteiger partial charge is 0.0436 e. The quantitative estimate of drug-likeness (QED) is 0.126. The lowest BCUT2D eigenvalue weighted by Crippen LogP contribution is -2.16. The Labute approximate surface area is 710 Å². The van der Waals surface area contributed by atoms with Gasteiger partial charge in [-0.25, -0.2) is 0 Å². The van der Waals surface area contributed by atoms with Crippen molar-refractivity contribution in [3.63, 3.8) is 0 Å². The standard InChI is InChI=1S/C119H78S2/c1-7-103-114(100-56-52-77(64-104(100)118(103,3)4)73-41-42-75-62-83(48-44-72(75)59-73)111-92-33-16-18-35-94(92)112(95-36-19-17-34-93(95)111)87-37-22-26-70-24-10-11-27-84(70)87)108-68(2)39-53-98-86-54-50-79(66-107(86)121-117(98)108)78-51-55-99-105(65-78)119(5,6)115-101(67-102-96(113(99)115)57-58-97-85-28-20-21-38-106(85)120-116(97)102)80-46-43-76-63-82(49-45-74(76)60-80)110-90-31-14-12-29-88(90)109(89-30-13-15-32-91(89)110)81-47-40-69-23-8-9-25-71(69)61-81/h7-67H,1H2,2-6H3. The average Bonchev–Trinajstić information content (AvgIpc) is 1.53. The SMILES string of the molecule is C=CC1=C(c2c(C)ccc3c2sc2cc(-c4ccc5c(c4)C(C)(C)c4c(-c6ccc7cc(-c8c9ccccc9c(-c9ccc%10ccccc%10c9)c9ccccc89)ccc7c6)cc6c(ccc7c8ccccc8sc67)c4-5)ccc23)c2ccc(-c3ccc4cc(-c5c6ccccc6c(-c6cccc7ccccc67)c6ccccc56)ccc4c3)cc2C1(C)C. The third-order valence-corrected chi connectivity index (χ3v) is 30.1. The first-order chi connectivity index (χ1) is 59.4. The third-order valence-electron chi connectivity index (χ3n) is 27.7. The summed E-state index contributed by atoms with van der Waals surface area (Å²) in [5.74, 6) is 0. The molecule has 0 saturated heterocycles. The van der Waals surface area contributed by atoms with Crippen LogP contribution in [-0.2, 0) is 10.8 Å². The molecule has 2 aromatic heterocycles. The number of hydrogen-bond acceptors (Lipinski definition) is 2. The molecular formula is C119H78S2. The van der Waals surface area contributed by atoms with Crippen LogP contribution in [0.4, 0.5) is 0 Å². The van der Waals surface area contributed by atoms with E-state index in [1.54, 1.807) is 0 Å². The number of hydrogen-bond donors (Lipinski definition) is 0. The number of thiophene rings is 2. The Hall–Kier alpha value is -14.1. The predicted molar refractivity (Wildman–Crippen MR) is 526 cm³/mol. The van der Waals surface area contributed by atoms with Crippen LogP contribution in [0, 0.1) is 6.92 Å². The van der Waals surface area contributed by atoms with Crippen molar-refractivity contribution in [1.82, 2.24) is 0 Å². The molecule has 0 bridgehead atoms. The maximum absolute atomic E-state index is 4.60. The molecule has 21 aromatic carbocycles. The first-order valence-electron chi connectivity index (χ1n) is 42.4. The lowest BCUT2D eigenvalue weighted by Gasteiger charge is -2.26. The lowest BCUT2D eigenvalue weighted by molar-refractivity contribution is 0.655. The van der Waals surface area contributed by atoms with Crippen LogP contribution in [-0.4, -0.2) is 0 Å². The van der Waals surface area contributed by atoms with Gasteiger partial charge in [0.1, 0.15) is 0 Å². The van der Waals surface area contributed by atoms with Crippen LogP contribution in [0.15, 0.2) is 382 Å². The van der Waals surface area contributed by atoms with Gasteiger partial charge in [0, 0.05) is 62.1 Å². The molecule has 0 nitrogen and oxygen atoms in total. The summed E-state index contributed by atoms with van der Waals surface area (Å²) in [6, 6.07) is 139. The van der Waals surface area contributed by atoms with E-state index in [1.165, 1.54) is 271 Å². The van der Waals surface area contributed by atoms with Gasteiger partial charge >= 0.3 is 0 Å². The molecule has 0 unspecified atom stereocenters. The zero-order valence-electron chi connectivity index (χ0n) is 67.7. The summed E-state index contributed by atoms with van der Waals surface area (Å²) in [5, 5.41) is 27.8. The van der Waals surface area contributed by atoms with E-state index in [-0.39, 0.29) is 10.8 Å². The summed E-state index contributed by atoms with van der Waals surface area (Å²) in [4.78, 5) is 0. The van der Waals surface area contributed by atoms with Crippen LogP contribution in [0.3, 0.4) is 0 Å². The van der Waals surface area contributed by atoms with Crippen LogP contribution >= 0.6 is 22.7 Å². The van der Waals surface area contributed by atoms with E-state index in [1.807, 2.05) is 22.7 Å². The van der Waals surface area contributed by atoms with Crippen molar-refractivity contribution in [2.45, 2.75) is 45.4 Å². The number of rotatable bonds is 9. The fourth-order valence-corrected chi connectivity index (χ4v) is 24.5. The monoisotopic (exact) mass is 1570 g/mol. The van der Waals surface area contributed by atoms with E-state index in [0.717, 1.165) is 0 Å². The molecule has 0 saturated carbocycles. The van der Waals surface area contributed by atoms with E-state index >= 15 is 0 Å². The first kappa shape index (κ1) is 69.9. The fourth-order valence-electron chi connectivity index (χ4n) is 21.9. The Morgan fingerprint density at radius 3 is 1.22 bits per heavy atom. The minimum absolute atomic E-state index is 0.303. The molecule has 2 aliphatic rings. The molecule has 0 N–H and O–H groups in total. The van der Waals surface area contributed by atoms with Crippen LogP contribution in [0.1, 0.15) is 61.1 Å². The molecular weight excluding hydrogens is 1490 g/mol. The minimum atomic E-state index is -0.349. The van der Waals surface area contributed by atoms with Gasteiger partial charge in [-0.05, 0) is 287 Å². The second kappa shape index (κ2) is 26.2. The average molecular weight is 1570 g/mol. The van der Waals surface area contributed by atoms with Crippen molar-refractivity contribution in [3.05, 3.63) is 416 Å². The topological polar surface area (TPSA) is 0 Å². The van der Waals surface area contributed by atoms with Gasteiger partial charge in [-0.3, -0.25) is 0 Å². The first-order valence-corrected chi connectivity index (χ1v) is 44.0. The van der Waals surface area contributed by atoms with Gasteiger partial charge < -0.3 is 0 Å². The molecule has 23 aromatic rings. The molecule has 0 amide bonds. The van der Waals surface area contributed by atoms with Gasteiger partial charge in [-0.1, -0.05) is 344 Å². The van der Waals surface area contributed by atoms with Crippen molar-refractivity contribution in [2.24, 2.45) is 0 Å². The van der Waals surface area contributed by atoms with E-state index in [4.69, 9.17) is 0 Å². The minimum Gasteiger partial charge on any atom is -0.135 e. The number of aryl methyl sites for hydroxylation is 1. The maximum atomic E-state index is 4.60. The summed E-state index contributed by atoms with van der Waals surface area (Å²) in [7, 11) is 0. The second-order valence-corrected chi connectivity index (χ2v) is 36.9. The molecule has 0 fully saturated rings. The molecule has 0 radical (unpaired) electrons. The summed E-state index contributed by atoms with van der Waals surface area (Å²) >= 11 is 3.86. The highest BCUT2D eigenvalue weighted by Crippen LogP contribution is 2.60. The van der Waals surface area contributed by atoms with E-state index < -0.39 is 0 Å². The maximum Gasteiger partial charge on any atom is 0.0436 e. The second-order valence-electron chi connectivity index (χ2n) is 34.8. The Bertz CT molecular complexity index is 8500. The normalized spacial score (nSPS) is 13.6. The highest BCUT2D eigenvalue weighted by atomic mass is 32.1. The fraction of sp³-hybridized carbons (Fsp3) is 0.0588. The van der Waals surface area contributed by atoms with Gasteiger partial charge in [-0.2, -0.15) is 0 Å². The van der Waals surface area contributed by atoms with E-state index in [2.05, 4.69) is 411 Å². The number of fused-ring (bicyclic) bond motifs is 21. The summed E-state index contributed by atoms with van der Waals surface area (Å²) in [5.41, 5.74) is 30.0. The zero-order chi connectivity index (χ0) is 80.4. The summed E-state index contributed by atoms with van der Waals surface area (Å²) < 4.78 is 5.27. The predicted octanol–water partition coefficient (Wildman–Crippen LogP) is 34.4. The molecule has 0 spiro atoms. The molecule has 2 heteroatoms. The van der Waals surface area contributed by atoms with Crippen molar-refractivity contribution in [1.29, 1.82) is 0 Å². The van der Waals surface area contributed by atoms with Gasteiger partial charge in [0.25, 0.3) is 0 Å². The summed E-state index contributed by atoms with van der Waals surface area (Å²) in [6.07, 6.45) is 2.15. The van der Waals surface area contributed by atoms with Gasteiger partial charge in [-0.15, -0.1) is 22.7 Å². The van der Waals surface area contributed by atoms with Crippen molar-refractivity contribution < 1.29 is 0 Å². The Morgan fingerprint density at radius 2 is 0.620 bits per heavy atom. The van der Waals surface area contributed by atoms with Gasteiger partial charge in [0.05, 0.1) is 0 Å². The Kier molecular flexibility index (Phi) is 15.1. The highest BCUT2D eigenvalue weighted by molar-refractivity contribution is 7.27. The van der Waals surface area contributed by atoms with E-state index in [9.17, 15) is 0 Å². The van der Waals surface area contributed by atoms with Crippen molar-refractivity contribution in [2.75, 3.05) is 0 Å².